The molecule has 2 nitrogen and oxygen atoms in total. The van der Waals surface area contributed by atoms with E-state index in [4.69, 9.17) is 0 Å². The van der Waals surface area contributed by atoms with Crippen LogP contribution in [-0.2, 0) is 21.7 Å². The zero-order valence-electron chi connectivity index (χ0n) is 66.2. The molecule has 2 spiro atoms. The van der Waals surface area contributed by atoms with Crippen molar-refractivity contribution in [3.63, 3.8) is 0 Å². The molecule has 1 atom stereocenters. The molecule has 1 unspecified atom stereocenters. The summed E-state index contributed by atoms with van der Waals surface area (Å²) in [6.07, 6.45) is 0. The highest BCUT2D eigenvalue weighted by atomic mass is 15.1. The lowest BCUT2D eigenvalue weighted by atomic mass is 9.70. The second-order valence-corrected chi connectivity index (χ2v) is 34.1. The molecule has 0 N–H and O–H groups in total. The van der Waals surface area contributed by atoms with Gasteiger partial charge >= 0.3 is 0 Å². The Kier molecular flexibility index (Phi) is 14.7. The van der Waals surface area contributed by atoms with E-state index >= 15 is 0 Å². The number of hydrogen-bond acceptors (Lipinski definition) is 2. The first-order valence-electron chi connectivity index (χ1n) is 41.6. The number of anilines is 6. The van der Waals surface area contributed by atoms with Crippen LogP contribution in [0.2, 0.25) is 0 Å². The minimum atomic E-state index is -0.505. The maximum atomic E-state index is 2.49. The molecule has 118 heavy (non-hydrogen) atoms. The summed E-state index contributed by atoms with van der Waals surface area (Å²) >= 11 is 0. The smallest absolute Gasteiger partial charge is 0.0725 e. The standard InChI is InChI=1S/C116H80N2/c1-113(2)101-36-17-11-30-89(101)95-60-58-88(72-111(95)113)118(86-29-23-28-78(66-86)74-26-9-6-10-27-74)85-56-46-77(47-57-85)80-50-64-109-99(68-80)93-34-15-21-40-106(93)116(109)107-41-22-16-35-94(107)100-70-82(51-65-110(100)116)81-48-62-102-97(69-81)96-61-59-87(71-112(96)114(102,3)4)117(83-52-42-75(43-53-83)73-24-7-5-8-25-73)84-54-44-76(45-55-84)79-49-63-108-98(67-79)92-33-14-20-39-105(92)115(108)103-37-18-12-31-90(103)91-32-13-19-38-104(91)115/h5-72H,1-4H3. The summed E-state index contributed by atoms with van der Waals surface area (Å²) in [6.45, 7) is 9.56. The molecule has 0 saturated heterocycles. The third-order valence-corrected chi connectivity index (χ3v) is 27.5. The molecule has 0 aromatic heterocycles. The Labute approximate surface area is 690 Å². The van der Waals surface area contributed by atoms with Crippen molar-refractivity contribution in [2.24, 2.45) is 0 Å². The van der Waals surface area contributed by atoms with Gasteiger partial charge in [0.05, 0.1) is 10.8 Å². The molecule has 0 bridgehead atoms. The molecule has 0 heterocycles. The van der Waals surface area contributed by atoms with Gasteiger partial charge in [-0.3, -0.25) is 0 Å². The summed E-state index contributed by atoms with van der Waals surface area (Å²) in [6, 6.07) is 156. The van der Waals surface area contributed by atoms with Crippen LogP contribution in [0, 0.1) is 0 Å². The monoisotopic (exact) mass is 1500 g/mol. The Balaban J connectivity index is 0.561. The lowest BCUT2D eigenvalue weighted by Gasteiger charge is -2.30. The normalized spacial score (nSPS) is 15.2. The Morgan fingerprint density at radius 2 is 0.356 bits per heavy atom. The van der Waals surface area contributed by atoms with Crippen LogP contribution in [0.4, 0.5) is 34.1 Å². The maximum Gasteiger partial charge on any atom is 0.0725 e. The second-order valence-electron chi connectivity index (χ2n) is 34.1. The van der Waals surface area contributed by atoms with Crippen LogP contribution in [0.15, 0.2) is 413 Å². The predicted molar refractivity (Wildman–Crippen MR) is 491 cm³/mol. The van der Waals surface area contributed by atoms with Gasteiger partial charge in [-0.1, -0.05) is 343 Å². The summed E-state index contributed by atoms with van der Waals surface area (Å²) in [5.41, 5.74) is 49.1. The van der Waals surface area contributed by atoms with Gasteiger partial charge in [-0.2, -0.15) is 0 Å². The zero-order valence-corrected chi connectivity index (χ0v) is 66.2. The quantitative estimate of drug-likeness (QED) is 0.127. The molecule has 24 rings (SSSR count). The number of fused-ring (bicyclic) bond motifs is 26. The molecule has 0 saturated carbocycles. The topological polar surface area (TPSA) is 6.48 Å². The van der Waals surface area contributed by atoms with Crippen molar-refractivity contribution in [3.8, 4) is 122 Å². The lowest BCUT2D eigenvalue weighted by Crippen LogP contribution is -2.25. The van der Waals surface area contributed by atoms with E-state index in [1.165, 1.54) is 189 Å². The number of hydrogen-bond donors (Lipinski definition) is 0. The first-order chi connectivity index (χ1) is 58.0. The van der Waals surface area contributed by atoms with Gasteiger partial charge in [0.2, 0.25) is 0 Å². The minimum Gasteiger partial charge on any atom is -0.310 e. The van der Waals surface area contributed by atoms with Crippen molar-refractivity contribution in [3.05, 3.63) is 479 Å². The SMILES string of the molecule is CC1(C)c2ccccc2-c2ccc(N(c3ccc(-c4ccc5c(c4)-c4ccccc4C54c5ccccc5-c5cc(-c6ccc7c(c6)-c6ccc(N(c8ccc(-c9ccccc9)cc8)c8ccc(-c9ccc%10c(c9)-c9ccccc9C%109c%10ccccc%10-c%10ccccc%109)cc8)cc6C7(C)C)ccc54)cc3)c3cccc(-c4ccccc4)c3)cc21. The van der Waals surface area contributed by atoms with Crippen molar-refractivity contribution >= 4 is 34.1 Å². The van der Waals surface area contributed by atoms with E-state index < -0.39 is 5.41 Å². The zero-order chi connectivity index (χ0) is 78.3. The molecular weight excluding hydrogens is 1420 g/mol. The predicted octanol–water partition coefficient (Wildman–Crippen LogP) is 30.3. The summed E-state index contributed by atoms with van der Waals surface area (Å²) in [7, 11) is 0. The van der Waals surface area contributed by atoms with E-state index in [1.807, 2.05) is 0 Å². The van der Waals surface area contributed by atoms with Gasteiger partial charge in [-0.15, -0.1) is 0 Å². The summed E-state index contributed by atoms with van der Waals surface area (Å²) < 4.78 is 0. The molecule has 18 aromatic carbocycles. The molecule has 0 aliphatic heterocycles. The first kappa shape index (κ1) is 68.0. The van der Waals surface area contributed by atoms with Crippen LogP contribution in [0.5, 0.6) is 0 Å². The molecule has 6 aliphatic rings. The molecule has 554 valence electrons. The van der Waals surface area contributed by atoms with E-state index in [0.717, 1.165) is 34.1 Å². The Morgan fingerprint density at radius 1 is 0.136 bits per heavy atom. The van der Waals surface area contributed by atoms with Crippen LogP contribution in [-0.4, -0.2) is 0 Å². The van der Waals surface area contributed by atoms with E-state index in [-0.39, 0.29) is 16.2 Å². The van der Waals surface area contributed by atoms with Crippen molar-refractivity contribution in [2.75, 3.05) is 9.80 Å². The maximum absolute atomic E-state index is 2.49. The number of rotatable bonds is 11. The van der Waals surface area contributed by atoms with E-state index in [0.29, 0.717) is 0 Å². The third-order valence-electron chi connectivity index (χ3n) is 27.5. The van der Waals surface area contributed by atoms with Gasteiger partial charge in [0.25, 0.3) is 0 Å². The van der Waals surface area contributed by atoms with Gasteiger partial charge in [-0.25, -0.2) is 0 Å². The van der Waals surface area contributed by atoms with E-state index in [9.17, 15) is 0 Å². The fourth-order valence-electron chi connectivity index (χ4n) is 22.1. The second kappa shape index (κ2) is 25.5. The van der Waals surface area contributed by atoms with Crippen molar-refractivity contribution in [1.29, 1.82) is 0 Å². The highest BCUT2D eigenvalue weighted by Gasteiger charge is 2.54. The average Bonchev–Trinajstić information content (AvgIpc) is 1.51. The molecule has 0 fully saturated rings. The highest BCUT2D eigenvalue weighted by Crippen LogP contribution is 2.66. The van der Waals surface area contributed by atoms with Gasteiger partial charge in [0.1, 0.15) is 0 Å². The Morgan fingerprint density at radius 3 is 0.754 bits per heavy atom. The van der Waals surface area contributed by atoms with Crippen molar-refractivity contribution in [2.45, 2.75) is 49.4 Å². The van der Waals surface area contributed by atoms with Crippen LogP contribution < -0.4 is 9.80 Å². The van der Waals surface area contributed by atoms with Crippen LogP contribution in [0.1, 0.15) is 94.5 Å². The van der Waals surface area contributed by atoms with Gasteiger partial charge in [0, 0.05) is 45.0 Å². The van der Waals surface area contributed by atoms with Gasteiger partial charge < -0.3 is 9.80 Å². The fourth-order valence-corrected chi connectivity index (χ4v) is 22.1. The average molecular weight is 1500 g/mol. The Hall–Kier alpha value is -14.4. The molecule has 18 aromatic rings. The molecule has 6 aliphatic carbocycles. The third kappa shape index (κ3) is 9.69. The fraction of sp³-hybridized carbons (Fsp3) is 0.0690. The largest absolute Gasteiger partial charge is 0.310 e. The molecule has 2 heteroatoms. The number of benzene rings is 18. The summed E-state index contributed by atoms with van der Waals surface area (Å²) in [5.74, 6) is 0. The Bertz CT molecular complexity index is 7180. The van der Waals surface area contributed by atoms with Crippen molar-refractivity contribution in [1.82, 2.24) is 0 Å². The van der Waals surface area contributed by atoms with Crippen molar-refractivity contribution < 1.29 is 0 Å². The van der Waals surface area contributed by atoms with Gasteiger partial charge in [0.15, 0.2) is 0 Å². The summed E-state index contributed by atoms with van der Waals surface area (Å²) in [5, 5.41) is 0. The van der Waals surface area contributed by atoms with Crippen LogP contribution >= 0.6 is 0 Å². The number of nitrogens with zero attached hydrogens (tertiary/aromatic N) is 2. The molecule has 0 amide bonds. The van der Waals surface area contributed by atoms with E-state index in [1.54, 1.807) is 0 Å². The minimum absolute atomic E-state index is 0.143. The highest BCUT2D eigenvalue weighted by molar-refractivity contribution is 6.00. The lowest BCUT2D eigenvalue weighted by molar-refractivity contribution is 0.660. The molecule has 0 radical (unpaired) electrons. The van der Waals surface area contributed by atoms with E-state index in [2.05, 4.69) is 450 Å². The van der Waals surface area contributed by atoms with Crippen LogP contribution in [0.3, 0.4) is 0 Å². The summed E-state index contributed by atoms with van der Waals surface area (Å²) in [4.78, 5) is 4.89. The van der Waals surface area contributed by atoms with Gasteiger partial charge in [-0.05, 0) is 286 Å². The first-order valence-corrected chi connectivity index (χ1v) is 41.6. The van der Waals surface area contributed by atoms with Crippen LogP contribution in [0.25, 0.3) is 122 Å². The molecular formula is C116H80N2.